The van der Waals surface area contributed by atoms with Crippen molar-refractivity contribution in [2.24, 2.45) is 11.8 Å². The number of carboxylic acid groups (broad SMARTS) is 1. The highest BCUT2D eigenvalue weighted by molar-refractivity contribution is 5.74. The normalized spacial score (nSPS) is 12.6. The van der Waals surface area contributed by atoms with Gasteiger partial charge in [0, 0.05) is 26.1 Å². The molecule has 2 amide bonds. The van der Waals surface area contributed by atoms with Crippen molar-refractivity contribution in [2.45, 2.75) is 46.6 Å². The van der Waals surface area contributed by atoms with E-state index in [1.54, 1.807) is 11.9 Å². The van der Waals surface area contributed by atoms with E-state index in [1.165, 1.54) is 0 Å². The maximum absolute atomic E-state index is 11.7. The number of hydrogen-bond donors (Lipinski definition) is 2. The van der Waals surface area contributed by atoms with Gasteiger partial charge >= 0.3 is 12.0 Å². The second-order valence-electron chi connectivity index (χ2n) is 5.48. The van der Waals surface area contributed by atoms with E-state index in [4.69, 9.17) is 5.11 Å². The minimum atomic E-state index is -0.813. The first-order valence-electron chi connectivity index (χ1n) is 6.46. The highest BCUT2D eigenvalue weighted by atomic mass is 16.4. The van der Waals surface area contributed by atoms with Gasteiger partial charge in [-0.15, -0.1) is 0 Å². The van der Waals surface area contributed by atoms with E-state index in [0.717, 1.165) is 6.42 Å². The van der Waals surface area contributed by atoms with E-state index < -0.39 is 5.97 Å². The number of carboxylic acids is 1. The van der Waals surface area contributed by atoms with Crippen molar-refractivity contribution >= 4 is 12.0 Å². The molecule has 0 heterocycles. The van der Waals surface area contributed by atoms with Gasteiger partial charge in [0.1, 0.15) is 0 Å². The molecule has 5 nitrogen and oxygen atoms in total. The number of nitrogens with one attached hydrogen (secondary N) is 1. The summed E-state index contributed by atoms with van der Waals surface area (Å²) in [4.78, 5) is 24.1. The van der Waals surface area contributed by atoms with Gasteiger partial charge in [0.15, 0.2) is 0 Å². The molecule has 0 spiro atoms. The average Bonchev–Trinajstić information content (AvgIpc) is 2.22. The van der Waals surface area contributed by atoms with Crippen LogP contribution in [0.4, 0.5) is 4.79 Å². The Balaban J connectivity index is 4.24. The molecule has 106 valence electrons. The first kappa shape index (κ1) is 16.7. The predicted octanol–water partition coefficient (Wildman–Crippen LogP) is 2.17. The van der Waals surface area contributed by atoms with Gasteiger partial charge in [0.05, 0.1) is 0 Å². The lowest BCUT2D eigenvalue weighted by Crippen LogP contribution is -2.43. The molecule has 0 aromatic carbocycles. The van der Waals surface area contributed by atoms with Gasteiger partial charge in [-0.3, -0.25) is 4.79 Å². The fraction of sp³-hybridized carbons (Fsp3) is 0.846. The smallest absolute Gasteiger partial charge is 0.317 e. The monoisotopic (exact) mass is 258 g/mol. The Morgan fingerprint density at radius 3 is 2.17 bits per heavy atom. The van der Waals surface area contributed by atoms with Gasteiger partial charge in [-0.05, 0) is 32.1 Å². The minimum Gasteiger partial charge on any atom is -0.481 e. The summed E-state index contributed by atoms with van der Waals surface area (Å²) < 4.78 is 0. The molecular weight excluding hydrogens is 232 g/mol. The largest absolute Gasteiger partial charge is 0.481 e. The van der Waals surface area contributed by atoms with Crippen LogP contribution in [0.3, 0.4) is 0 Å². The molecule has 1 atom stereocenters. The molecule has 0 radical (unpaired) electrons. The summed E-state index contributed by atoms with van der Waals surface area (Å²) in [5.74, 6) is -0.395. The zero-order valence-corrected chi connectivity index (χ0v) is 12.1. The van der Waals surface area contributed by atoms with Gasteiger partial charge < -0.3 is 15.3 Å². The maximum atomic E-state index is 11.7. The highest BCUT2D eigenvalue weighted by Gasteiger charge is 2.18. The number of carbonyl (C=O) groups is 2. The molecule has 0 saturated heterocycles. The topological polar surface area (TPSA) is 69.6 Å². The van der Waals surface area contributed by atoms with Crippen LogP contribution in [0.5, 0.6) is 0 Å². The molecule has 18 heavy (non-hydrogen) atoms. The van der Waals surface area contributed by atoms with Crippen molar-refractivity contribution in [1.82, 2.24) is 10.2 Å². The molecule has 0 aromatic rings. The molecular formula is C13H26N2O3. The van der Waals surface area contributed by atoms with Crippen molar-refractivity contribution < 1.29 is 14.7 Å². The van der Waals surface area contributed by atoms with E-state index in [1.807, 2.05) is 13.8 Å². The fourth-order valence-corrected chi connectivity index (χ4v) is 1.74. The standard InChI is InChI=1S/C13H26N2O3/c1-9(2)6-11(7-12(16)17)8-14-13(18)15(5)10(3)4/h9-11H,6-8H2,1-5H3,(H,14,18)(H,16,17). The Bertz CT molecular complexity index is 277. The number of hydrogen-bond acceptors (Lipinski definition) is 2. The van der Waals surface area contributed by atoms with Crippen molar-refractivity contribution in [3.05, 3.63) is 0 Å². The molecule has 0 fully saturated rings. The number of urea groups is 1. The van der Waals surface area contributed by atoms with Crippen LogP contribution in [0.25, 0.3) is 0 Å². The number of rotatable bonds is 7. The Hall–Kier alpha value is -1.26. The molecule has 0 bridgehead atoms. The van der Waals surface area contributed by atoms with Crippen LogP contribution in [0.2, 0.25) is 0 Å². The van der Waals surface area contributed by atoms with E-state index >= 15 is 0 Å². The second-order valence-corrected chi connectivity index (χ2v) is 5.48. The Morgan fingerprint density at radius 1 is 1.22 bits per heavy atom. The lowest BCUT2D eigenvalue weighted by Gasteiger charge is -2.24. The Morgan fingerprint density at radius 2 is 1.78 bits per heavy atom. The summed E-state index contributed by atoms with van der Waals surface area (Å²) in [5, 5.41) is 11.6. The summed E-state index contributed by atoms with van der Waals surface area (Å²) in [7, 11) is 1.73. The van der Waals surface area contributed by atoms with Crippen LogP contribution in [0.1, 0.15) is 40.5 Å². The lowest BCUT2D eigenvalue weighted by atomic mass is 9.94. The SMILES string of the molecule is CC(C)CC(CNC(=O)N(C)C(C)C)CC(=O)O. The van der Waals surface area contributed by atoms with E-state index in [2.05, 4.69) is 19.2 Å². The third kappa shape index (κ3) is 7.14. The van der Waals surface area contributed by atoms with Crippen molar-refractivity contribution in [3.63, 3.8) is 0 Å². The molecule has 0 aliphatic carbocycles. The molecule has 2 N–H and O–H groups in total. The molecule has 0 aliphatic heterocycles. The van der Waals surface area contributed by atoms with E-state index in [0.29, 0.717) is 12.5 Å². The van der Waals surface area contributed by atoms with Gasteiger partial charge in [-0.2, -0.15) is 0 Å². The number of carbonyl (C=O) groups excluding carboxylic acids is 1. The number of amides is 2. The summed E-state index contributed by atoms with van der Waals surface area (Å²) >= 11 is 0. The second kappa shape index (κ2) is 7.95. The van der Waals surface area contributed by atoms with Crippen LogP contribution in [0, 0.1) is 11.8 Å². The van der Waals surface area contributed by atoms with Crippen molar-refractivity contribution in [1.29, 1.82) is 0 Å². The van der Waals surface area contributed by atoms with Crippen molar-refractivity contribution in [3.8, 4) is 0 Å². The first-order chi connectivity index (χ1) is 8.23. The number of nitrogens with zero attached hydrogens (tertiary/aromatic N) is 1. The predicted molar refractivity (Wildman–Crippen MR) is 71.5 cm³/mol. The third-order valence-corrected chi connectivity index (χ3v) is 2.90. The highest BCUT2D eigenvalue weighted by Crippen LogP contribution is 2.14. The summed E-state index contributed by atoms with van der Waals surface area (Å²) in [6.45, 7) is 8.39. The zero-order valence-electron chi connectivity index (χ0n) is 12.1. The summed E-state index contributed by atoms with van der Waals surface area (Å²) in [5.41, 5.74) is 0. The van der Waals surface area contributed by atoms with Gasteiger partial charge in [-0.25, -0.2) is 4.79 Å². The lowest BCUT2D eigenvalue weighted by molar-refractivity contribution is -0.138. The Kier molecular flexibility index (Phi) is 7.39. The van der Waals surface area contributed by atoms with Crippen LogP contribution in [0.15, 0.2) is 0 Å². The van der Waals surface area contributed by atoms with Gasteiger partial charge in [-0.1, -0.05) is 13.8 Å². The van der Waals surface area contributed by atoms with Gasteiger partial charge in [0.2, 0.25) is 0 Å². The average molecular weight is 258 g/mol. The summed E-state index contributed by atoms with van der Waals surface area (Å²) in [6.07, 6.45) is 0.905. The quantitative estimate of drug-likeness (QED) is 0.735. The molecule has 0 aromatic heterocycles. The van der Waals surface area contributed by atoms with Crippen LogP contribution in [-0.4, -0.2) is 41.6 Å². The van der Waals surface area contributed by atoms with Crippen LogP contribution >= 0.6 is 0 Å². The van der Waals surface area contributed by atoms with Crippen molar-refractivity contribution in [2.75, 3.05) is 13.6 Å². The van der Waals surface area contributed by atoms with Gasteiger partial charge in [0.25, 0.3) is 0 Å². The summed E-state index contributed by atoms with van der Waals surface area (Å²) in [6, 6.07) is -0.0165. The molecule has 0 aliphatic rings. The maximum Gasteiger partial charge on any atom is 0.317 e. The third-order valence-electron chi connectivity index (χ3n) is 2.90. The molecule has 0 rings (SSSR count). The molecule has 0 saturated carbocycles. The van der Waals surface area contributed by atoms with Crippen LogP contribution < -0.4 is 5.32 Å². The first-order valence-corrected chi connectivity index (χ1v) is 6.46. The Labute approximate surface area is 110 Å². The van der Waals surface area contributed by atoms with Crippen LogP contribution in [-0.2, 0) is 4.79 Å². The molecule has 1 unspecified atom stereocenters. The zero-order chi connectivity index (χ0) is 14.3. The number of aliphatic carboxylic acids is 1. The minimum absolute atomic E-state index is 0.00740. The van der Waals surface area contributed by atoms with E-state index in [-0.39, 0.29) is 24.4 Å². The molecule has 5 heteroatoms. The fourth-order valence-electron chi connectivity index (χ4n) is 1.74. The van der Waals surface area contributed by atoms with E-state index in [9.17, 15) is 9.59 Å².